The van der Waals surface area contributed by atoms with Gasteiger partial charge in [0, 0.05) is 31.7 Å². The molecule has 1 saturated carbocycles. The van der Waals surface area contributed by atoms with Gasteiger partial charge in [-0.2, -0.15) is 0 Å². The highest BCUT2D eigenvalue weighted by molar-refractivity contribution is 7.93. The zero-order valence-corrected chi connectivity index (χ0v) is 19.5. The molecule has 0 spiro atoms. The van der Waals surface area contributed by atoms with Crippen LogP contribution in [-0.2, 0) is 14.6 Å². The highest BCUT2D eigenvalue weighted by atomic mass is 32.2. The van der Waals surface area contributed by atoms with Crippen molar-refractivity contribution in [2.45, 2.75) is 49.2 Å². The van der Waals surface area contributed by atoms with E-state index in [1.165, 1.54) is 0 Å². The molecule has 0 N–H and O–H groups in total. The monoisotopic (exact) mass is 454 g/mol. The lowest BCUT2D eigenvalue weighted by Gasteiger charge is -2.39. The minimum absolute atomic E-state index is 0.0590. The van der Waals surface area contributed by atoms with Crippen molar-refractivity contribution in [2.24, 2.45) is 0 Å². The molecule has 0 unspecified atom stereocenters. The van der Waals surface area contributed by atoms with Crippen LogP contribution in [0.1, 0.15) is 47.2 Å². The lowest BCUT2D eigenvalue weighted by atomic mass is 10.0. The summed E-state index contributed by atoms with van der Waals surface area (Å²) in [4.78, 5) is 30.1. The van der Waals surface area contributed by atoms with Gasteiger partial charge in [-0.1, -0.05) is 43.2 Å². The molecular weight excluding hydrogens is 424 g/mol. The van der Waals surface area contributed by atoms with Gasteiger partial charge in [-0.15, -0.1) is 0 Å². The fourth-order valence-corrected chi connectivity index (χ4v) is 7.35. The first kappa shape index (κ1) is 22.5. The molecule has 6 nitrogen and oxygen atoms in total. The normalized spacial score (nSPS) is 18.6. The first-order chi connectivity index (χ1) is 15.3. The van der Waals surface area contributed by atoms with Gasteiger partial charge in [-0.05, 0) is 56.0 Å². The molecule has 2 fully saturated rings. The van der Waals surface area contributed by atoms with Gasteiger partial charge in [-0.3, -0.25) is 9.59 Å². The Morgan fingerprint density at radius 2 is 1.44 bits per heavy atom. The average Bonchev–Trinajstić information content (AvgIpc) is 3.32. The Balaban J connectivity index is 1.56. The molecule has 2 amide bonds. The molecule has 1 heterocycles. The van der Waals surface area contributed by atoms with Crippen molar-refractivity contribution >= 4 is 21.7 Å². The van der Waals surface area contributed by atoms with Crippen LogP contribution in [0.3, 0.4) is 0 Å². The fourth-order valence-electron chi connectivity index (χ4n) is 4.92. The summed E-state index contributed by atoms with van der Waals surface area (Å²) < 4.78 is 26.3. The molecular formula is C25H30N2O4S. The number of hydrogen-bond acceptors (Lipinski definition) is 4. The van der Waals surface area contributed by atoms with Crippen LogP contribution < -0.4 is 0 Å². The largest absolute Gasteiger partial charge is 0.338 e. The van der Waals surface area contributed by atoms with E-state index in [0.29, 0.717) is 50.1 Å². The number of nitrogens with zero attached hydrogens (tertiary/aromatic N) is 2. The second-order valence-corrected chi connectivity index (χ2v) is 11.2. The number of aryl methyl sites for hydroxylation is 2. The van der Waals surface area contributed by atoms with E-state index >= 15 is 0 Å². The molecule has 1 aliphatic carbocycles. The lowest BCUT2D eigenvalue weighted by Crippen LogP contribution is -2.58. The second-order valence-electron chi connectivity index (χ2n) is 8.92. The van der Waals surface area contributed by atoms with Gasteiger partial charge in [-0.25, -0.2) is 8.42 Å². The number of rotatable bonds is 4. The molecule has 7 heteroatoms. The quantitative estimate of drug-likeness (QED) is 0.710. The SMILES string of the molecule is Cc1ccc(C)c(S(=O)(=O)C2(C(=O)N3CCN(C(=O)c4ccccc4)CC3)CCCC2)c1. The van der Waals surface area contributed by atoms with Gasteiger partial charge in [0.1, 0.15) is 0 Å². The maximum Gasteiger partial charge on any atom is 0.253 e. The molecule has 0 aromatic heterocycles. The number of amides is 2. The van der Waals surface area contributed by atoms with Crippen molar-refractivity contribution in [3.8, 4) is 0 Å². The van der Waals surface area contributed by atoms with E-state index < -0.39 is 14.6 Å². The minimum Gasteiger partial charge on any atom is -0.338 e. The maximum absolute atomic E-state index is 13.9. The summed E-state index contributed by atoms with van der Waals surface area (Å²) in [6, 6.07) is 14.5. The zero-order valence-electron chi connectivity index (χ0n) is 18.7. The van der Waals surface area contributed by atoms with Crippen molar-refractivity contribution in [3.63, 3.8) is 0 Å². The first-order valence-corrected chi connectivity index (χ1v) is 12.7. The average molecular weight is 455 g/mol. The van der Waals surface area contributed by atoms with Gasteiger partial charge in [0.25, 0.3) is 5.91 Å². The molecule has 0 radical (unpaired) electrons. The number of carbonyl (C=O) groups excluding carboxylic acids is 2. The van der Waals surface area contributed by atoms with Crippen LogP contribution in [0.4, 0.5) is 0 Å². The fraction of sp³-hybridized carbons (Fsp3) is 0.440. The summed E-state index contributed by atoms with van der Waals surface area (Å²) in [7, 11) is -3.85. The Morgan fingerprint density at radius 3 is 2.06 bits per heavy atom. The highest BCUT2D eigenvalue weighted by Crippen LogP contribution is 2.43. The van der Waals surface area contributed by atoms with Crippen molar-refractivity contribution in [2.75, 3.05) is 26.2 Å². The number of piperazine rings is 1. The van der Waals surface area contributed by atoms with Crippen molar-refractivity contribution < 1.29 is 18.0 Å². The van der Waals surface area contributed by atoms with E-state index in [4.69, 9.17) is 0 Å². The Kier molecular flexibility index (Phi) is 6.12. The minimum atomic E-state index is -3.85. The van der Waals surface area contributed by atoms with Crippen molar-refractivity contribution in [3.05, 3.63) is 65.2 Å². The Hall–Kier alpha value is -2.67. The van der Waals surface area contributed by atoms with Gasteiger partial charge in [0.2, 0.25) is 5.91 Å². The van der Waals surface area contributed by atoms with E-state index in [1.807, 2.05) is 37.3 Å². The van der Waals surface area contributed by atoms with Crippen LogP contribution >= 0.6 is 0 Å². The van der Waals surface area contributed by atoms with Crippen LogP contribution in [-0.4, -0.2) is 61.0 Å². The third-order valence-electron chi connectivity index (χ3n) is 6.82. The molecule has 0 atom stereocenters. The Labute approximate surface area is 190 Å². The summed E-state index contributed by atoms with van der Waals surface area (Å²) >= 11 is 0. The molecule has 2 aliphatic rings. The first-order valence-electron chi connectivity index (χ1n) is 11.2. The third kappa shape index (κ3) is 3.83. The molecule has 2 aromatic carbocycles. The summed E-state index contributed by atoms with van der Waals surface area (Å²) in [5, 5.41) is 0. The Bertz CT molecular complexity index is 1110. The van der Waals surface area contributed by atoms with E-state index in [2.05, 4.69) is 0 Å². The molecule has 170 valence electrons. The van der Waals surface area contributed by atoms with Crippen molar-refractivity contribution in [1.82, 2.24) is 9.80 Å². The van der Waals surface area contributed by atoms with Crippen LogP contribution in [0, 0.1) is 13.8 Å². The van der Waals surface area contributed by atoms with E-state index in [0.717, 1.165) is 18.4 Å². The lowest BCUT2D eigenvalue weighted by molar-refractivity contribution is -0.135. The summed E-state index contributed by atoms with van der Waals surface area (Å²) in [6.45, 7) is 5.15. The van der Waals surface area contributed by atoms with Gasteiger partial charge in [0.15, 0.2) is 14.6 Å². The number of benzene rings is 2. The van der Waals surface area contributed by atoms with Crippen LogP contribution in [0.2, 0.25) is 0 Å². The highest BCUT2D eigenvalue weighted by Gasteiger charge is 2.55. The third-order valence-corrected chi connectivity index (χ3v) is 9.45. The summed E-state index contributed by atoms with van der Waals surface area (Å²) in [5.41, 5.74) is 2.16. The zero-order chi connectivity index (χ0) is 22.9. The van der Waals surface area contributed by atoms with E-state index in [-0.39, 0.29) is 16.7 Å². The number of carbonyl (C=O) groups is 2. The molecule has 1 aliphatic heterocycles. The predicted octanol–water partition coefficient (Wildman–Crippen LogP) is 3.37. The van der Waals surface area contributed by atoms with E-state index in [1.54, 1.807) is 34.9 Å². The maximum atomic E-state index is 13.9. The molecule has 4 rings (SSSR count). The molecule has 1 saturated heterocycles. The standard InChI is InChI=1S/C25H30N2O4S/c1-19-10-11-20(2)22(18-19)32(30,31)25(12-6-7-13-25)24(29)27-16-14-26(15-17-27)23(28)21-8-4-3-5-9-21/h3-5,8-11,18H,6-7,12-17H2,1-2H3. The summed E-state index contributed by atoms with van der Waals surface area (Å²) in [5.74, 6) is -0.362. The van der Waals surface area contributed by atoms with Crippen LogP contribution in [0.15, 0.2) is 53.4 Å². The Morgan fingerprint density at radius 1 is 0.844 bits per heavy atom. The van der Waals surface area contributed by atoms with Crippen LogP contribution in [0.5, 0.6) is 0 Å². The summed E-state index contributed by atoms with van der Waals surface area (Å²) in [6.07, 6.45) is 2.15. The molecule has 0 bridgehead atoms. The number of sulfone groups is 1. The van der Waals surface area contributed by atoms with E-state index in [9.17, 15) is 18.0 Å². The number of hydrogen-bond donors (Lipinski definition) is 0. The second kappa shape index (κ2) is 8.70. The predicted molar refractivity (Wildman–Crippen MR) is 123 cm³/mol. The van der Waals surface area contributed by atoms with Crippen molar-refractivity contribution in [1.29, 1.82) is 0 Å². The topological polar surface area (TPSA) is 74.8 Å². The van der Waals surface area contributed by atoms with Gasteiger partial charge >= 0.3 is 0 Å². The van der Waals surface area contributed by atoms with Gasteiger partial charge in [0.05, 0.1) is 4.90 Å². The smallest absolute Gasteiger partial charge is 0.253 e. The molecule has 32 heavy (non-hydrogen) atoms. The van der Waals surface area contributed by atoms with Crippen LogP contribution in [0.25, 0.3) is 0 Å². The molecule has 2 aromatic rings. The van der Waals surface area contributed by atoms with Gasteiger partial charge < -0.3 is 9.80 Å².